The smallest absolute Gasteiger partial charge is 0.221 e. The van der Waals surface area contributed by atoms with Crippen LogP contribution in [0.5, 0.6) is 0 Å². The third-order valence-corrected chi connectivity index (χ3v) is 2.25. The number of rotatable bonds is 2. The molecule has 0 saturated carbocycles. The summed E-state index contributed by atoms with van der Waals surface area (Å²) < 4.78 is 21.2. The summed E-state index contributed by atoms with van der Waals surface area (Å²) in [5, 5.41) is 2.51. The highest BCUT2D eigenvalue weighted by Gasteiger charge is 2.02. The lowest BCUT2D eigenvalue weighted by Gasteiger charge is -2.09. The number of amides is 1. The lowest BCUT2D eigenvalue weighted by atomic mass is 10.3. The molecule has 1 heterocycles. The molecule has 0 saturated heterocycles. The number of nitrogens with one attached hydrogen (secondary N) is 1. The van der Waals surface area contributed by atoms with Gasteiger partial charge in [-0.3, -0.25) is 9.00 Å². The number of aryl methyl sites for hydroxylation is 1. The Kier molecular flexibility index (Phi) is 3.32. The molecular formula is C8H9N2O3S-. The first-order valence-corrected chi connectivity index (χ1v) is 4.91. The minimum atomic E-state index is -2.34. The van der Waals surface area contributed by atoms with Crippen molar-refractivity contribution in [2.24, 2.45) is 0 Å². The van der Waals surface area contributed by atoms with Gasteiger partial charge < -0.3 is 9.87 Å². The van der Waals surface area contributed by atoms with Gasteiger partial charge in [0.1, 0.15) is 5.03 Å². The molecule has 0 fully saturated rings. The van der Waals surface area contributed by atoms with Crippen LogP contribution in [0.2, 0.25) is 0 Å². The molecule has 1 amide bonds. The van der Waals surface area contributed by atoms with Crippen molar-refractivity contribution in [3.63, 3.8) is 0 Å². The van der Waals surface area contributed by atoms with E-state index in [1.54, 1.807) is 13.0 Å². The molecule has 1 unspecified atom stereocenters. The van der Waals surface area contributed by atoms with Crippen LogP contribution in [0.15, 0.2) is 17.3 Å². The summed E-state index contributed by atoms with van der Waals surface area (Å²) in [6.45, 7) is 2.98. The predicted molar refractivity (Wildman–Crippen MR) is 50.5 cm³/mol. The van der Waals surface area contributed by atoms with Crippen LogP contribution in [-0.4, -0.2) is 19.7 Å². The molecule has 1 N–H and O–H groups in total. The van der Waals surface area contributed by atoms with Crippen molar-refractivity contribution in [1.82, 2.24) is 4.98 Å². The van der Waals surface area contributed by atoms with Crippen LogP contribution in [0.25, 0.3) is 0 Å². The second-order valence-corrected chi connectivity index (χ2v) is 3.62. The van der Waals surface area contributed by atoms with Crippen molar-refractivity contribution in [2.75, 3.05) is 5.32 Å². The van der Waals surface area contributed by atoms with Crippen LogP contribution in [0.4, 0.5) is 5.69 Å². The molecule has 14 heavy (non-hydrogen) atoms. The lowest BCUT2D eigenvalue weighted by Crippen LogP contribution is -2.07. The van der Waals surface area contributed by atoms with Crippen molar-refractivity contribution in [3.8, 4) is 0 Å². The van der Waals surface area contributed by atoms with Crippen LogP contribution >= 0.6 is 0 Å². The lowest BCUT2D eigenvalue weighted by molar-refractivity contribution is -0.114. The summed E-state index contributed by atoms with van der Waals surface area (Å²) in [6.07, 6.45) is 1.31. The summed E-state index contributed by atoms with van der Waals surface area (Å²) in [5.41, 5.74) is 0.994. The van der Waals surface area contributed by atoms with E-state index in [0.29, 0.717) is 11.3 Å². The molecule has 5 nitrogen and oxygen atoms in total. The number of aromatic nitrogens is 1. The summed E-state index contributed by atoms with van der Waals surface area (Å²) in [6, 6.07) is 1.56. The molecule has 1 aromatic rings. The summed E-state index contributed by atoms with van der Waals surface area (Å²) in [7, 11) is 0. The third kappa shape index (κ3) is 2.61. The van der Waals surface area contributed by atoms with Crippen molar-refractivity contribution in [3.05, 3.63) is 17.8 Å². The Morgan fingerprint density at radius 3 is 2.71 bits per heavy atom. The first-order valence-electron chi connectivity index (χ1n) is 3.84. The monoisotopic (exact) mass is 213 g/mol. The first kappa shape index (κ1) is 10.8. The summed E-state index contributed by atoms with van der Waals surface area (Å²) >= 11 is -2.34. The Morgan fingerprint density at radius 2 is 2.29 bits per heavy atom. The van der Waals surface area contributed by atoms with E-state index in [9.17, 15) is 13.6 Å². The van der Waals surface area contributed by atoms with Crippen LogP contribution in [0.3, 0.4) is 0 Å². The van der Waals surface area contributed by atoms with E-state index in [-0.39, 0.29) is 10.9 Å². The average Bonchev–Trinajstić information content (AvgIpc) is 2.01. The van der Waals surface area contributed by atoms with Crippen LogP contribution in [0.1, 0.15) is 12.5 Å². The highest BCUT2D eigenvalue weighted by atomic mass is 32.2. The van der Waals surface area contributed by atoms with Gasteiger partial charge in [-0.15, -0.1) is 0 Å². The molecular weight excluding hydrogens is 204 g/mol. The third-order valence-electron chi connectivity index (χ3n) is 1.51. The zero-order chi connectivity index (χ0) is 10.7. The van der Waals surface area contributed by atoms with E-state index in [2.05, 4.69) is 10.3 Å². The normalized spacial score (nSPS) is 12.2. The number of carbonyl (C=O) groups is 1. The van der Waals surface area contributed by atoms with E-state index in [1.807, 2.05) is 0 Å². The Labute approximate surface area is 83.8 Å². The second kappa shape index (κ2) is 4.30. The van der Waals surface area contributed by atoms with Crippen molar-refractivity contribution < 1.29 is 13.6 Å². The molecule has 1 atom stereocenters. The zero-order valence-electron chi connectivity index (χ0n) is 7.73. The molecule has 0 aliphatic carbocycles. The molecule has 6 heteroatoms. The van der Waals surface area contributed by atoms with Gasteiger partial charge in [-0.2, -0.15) is 0 Å². The zero-order valence-corrected chi connectivity index (χ0v) is 8.55. The maximum Gasteiger partial charge on any atom is 0.221 e. The number of hydrogen-bond donors (Lipinski definition) is 1. The fraction of sp³-hybridized carbons (Fsp3) is 0.250. The standard InChI is InChI=1S/C8H10N2O3S/c1-5-3-7(10-6(2)11)4-9-8(5)14(12)13/h3-4H,1-2H3,(H,10,11)(H,12,13)/p-1. The van der Waals surface area contributed by atoms with Gasteiger partial charge in [-0.05, 0) is 29.6 Å². The number of pyridine rings is 1. The van der Waals surface area contributed by atoms with Crippen LogP contribution in [-0.2, 0) is 15.9 Å². The van der Waals surface area contributed by atoms with Crippen LogP contribution < -0.4 is 5.32 Å². The fourth-order valence-corrected chi connectivity index (χ4v) is 1.47. The molecule has 0 aromatic carbocycles. The minimum Gasteiger partial charge on any atom is -0.767 e. The molecule has 0 spiro atoms. The van der Waals surface area contributed by atoms with Gasteiger partial charge in [0.15, 0.2) is 0 Å². The molecule has 0 aliphatic heterocycles. The maximum atomic E-state index is 10.7. The van der Waals surface area contributed by atoms with E-state index in [4.69, 9.17) is 0 Å². The number of carbonyl (C=O) groups excluding carboxylic acids is 1. The molecule has 1 aromatic heterocycles. The van der Waals surface area contributed by atoms with Gasteiger partial charge in [0.25, 0.3) is 0 Å². The first-order chi connectivity index (χ1) is 6.50. The van der Waals surface area contributed by atoms with E-state index < -0.39 is 11.1 Å². The molecule has 1 rings (SSSR count). The SMILES string of the molecule is CC(=O)Nc1cnc(S(=O)[O-])c(C)c1. The van der Waals surface area contributed by atoms with Gasteiger partial charge >= 0.3 is 0 Å². The van der Waals surface area contributed by atoms with Crippen molar-refractivity contribution >= 4 is 22.7 Å². The minimum absolute atomic E-state index is 0.000831. The second-order valence-electron chi connectivity index (χ2n) is 2.76. The maximum absolute atomic E-state index is 10.7. The van der Waals surface area contributed by atoms with Gasteiger partial charge in [0, 0.05) is 6.92 Å². The van der Waals surface area contributed by atoms with Crippen molar-refractivity contribution in [2.45, 2.75) is 18.9 Å². The van der Waals surface area contributed by atoms with E-state index >= 15 is 0 Å². The predicted octanol–water partition coefficient (Wildman–Crippen LogP) is 0.586. The van der Waals surface area contributed by atoms with Gasteiger partial charge in [0.05, 0.1) is 11.9 Å². The van der Waals surface area contributed by atoms with Gasteiger partial charge in [-0.25, -0.2) is 4.98 Å². The van der Waals surface area contributed by atoms with Crippen molar-refractivity contribution in [1.29, 1.82) is 0 Å². The summed E-state index contributed by atoms with van der Waals surface area (Å²) in [5.74, 6) is -0.220. The summed E-state index contributed by atoms with van der Waals surface area (Å²) in [4.78, 5) is 14.4. The Morgan fingerprint density at radius 1 is 1.64 bits per heavy atom. The fourth-order valence-electron chi connectivity index (χ4n) is 1.01. The van der Waals surface area contributed by atoms with E-state index in [0.717, 1.165) is 0 Å². The quantitative estimate of drug-likeness (QED) is 0.729. The Hall–Kier alpha value is -1.27. The van der Waals surface area contributed by atoms with E-state index in [1.165, 1.54) is 13.1 Å². The number of anilines is 1. The number of hydrogen-bond acceptors (Lipinski definition) is 4. The molecule has 76 valence electrons. The number of nitrogens with zero attached hydrogens (tertiary/aromatic N) is 1. The largest absolute Gasteiger partial charge is 0.767 e. The molecule has 0 radical (unpaired) electrons. The molecule has 0 bridgehead atoms. The van der Waals surface area contributed by atoms with Crippen LogP contribution in [0, 0.1) is 6.92 Å². The highest BCUT2D eigenvalue weighted by Crippen LogP contribution is 2.13. The van der Waals surface area contributed by atoms with Gasteiger partial charge in [0.2, 0.25) is 5.91 Å². The topological polar surface area (TPSA) is 82.1 Å². The Balaban J connectivity index is 3.00. The molecule has 0 aliphatic rings. The van der Waals surface area contributed by atoms with Gasteiger partial charge in [-0.1, -0.05) is 0 Å². The highest BCUT2D eigenvalue weighted by molar-refractivity contribution is 7.79. The Bertz CT molecular complexity index is 392. The average molecular weight is 213 g/mol.